The van der Waals surface area contributed by atoms with Crippen molar-refractivity contribution in [3.05, 3.63) is 65.5 Å². The molecule has 1 unspecified atom stereocenters. The lowest BCUT2D eigenvalue weighted by Crippen LogP contribution is -2.35. The molecule has 5 heteroatoms. The van der Waals surface area contributed by atoms with E-state index in [1.807, 2.05) is 24.4 Å². The van der Waals surface area contributed by atoms with Crippen molar-refractivity contribution in [3.8, 4) is 0 Å². The number of nitrogens with zero attached hydrogens (tertiary/aromatic N) is 2. The summed E-state index contributed by atoms with van der Waals surface area (Å²) in [7, 11) is 0. The zero-order chi connectivity index (χ0) is 17.7. The van der Waals surface area contributed by atoms with Crippen molar-refractivity contribution in [1.82, 2.24) is 9.88 Å². The van der Waals surface area contributed by atoms with Crippen LogP contribution in [-0.4, -0.2) is 23.0 Å². The first-order chi connectivity index (χ1) is 12.0. The molecule has 1 aromatic heterocycles. The minimum atomic E-state index is -4.26. The van der Waals surface area contributed by atoms with E-state index in [-0.39, 0.29) is 0 Å². The minimum Gasteiger partial charge on any atom is -0.297 e. The van der Waals surface area contributed by atoms with Gasteiger partial charge in [-0.2, -0.15) is 13.2 Å². The number of piperidine rings is 1. The fraction of sp³-hybridized carbons (Fsp3) is 0.450. The van der Waals surface area contributed by atoms with E-state index in [0.29, 0.717) is 12.3 Å². The summed E-state index contributed by atoms with van der Waals surface area (Å²) < 4.78 is 38.4. The number of aryl methyl sites for hydroxylation is 1. The van der Waals surface area contributed by atoms with Crippen molar-refractivity contribution >= 4 is 0 Å². The Hall–Kier alpha value is -1.88. The van der Waals surface area contributed by atoms with E-state index in [4.69, 9.17) is 0 Å². The molecule has 2 aromatic rings. The molecule has 0 amide bonds. The average molecular weight is 348 g/mol. The van der Waals surface area contributed by atoms with Gasteiger partial charge in [-0.3, -0.25) is 9.88 Å². The second kappa shape index (κ2) is 8.00. The maximum absolute atomic E-state index is 12.8. The van der Waals surface area contributed by atoms with E-state index in [2.05, 4.69) is 9.88 Å². The van der Waals surface area contributed by atoms with Crippen LogP contribution in [0.25, 0.3) is 0 Å². The van der Waals surface area contributed by atoms with Crippen molar-refractivity contribution in [2.45, 2.75) is 38.4 Å². The Morgan fingerprint density at radius 2 is 2.00 bits per heavy atom. The lowest BCUT2D eigenvalue weighted by molar-refractivity contribution is -0.137. The van der Waals surface area contributed by atoms with Crippen molar-refractivity contribution in [2.75, 3.05) is 13.1 Å². The Morgan fingerprint density at radius 1 is 1.12 bits per heavy atom. The van der Waals surface area contributed by atoms with Crippen LogP contribution in [0.5, 0.6) is 0 Å². The van der Waals surface area contributed by atoms with Crippen LogP contribution in [0, 0.1) is 5.92 Å². The van der Waals surface area contributed by atoms with Gasteiger partial charge in [0.15, 0.2) is 0 Å². The van der Waals surface area contributed by atoms with Gasteiger partial charge in [0, 0.05) is 19.3 Å². The van der Waals surface area contributed by atoms with E-state index >= 15 is 0 Å². The fourth-order valence-corrected chi connectivity index (χ4v) is 3.53. The van der Waals surface area contributed by atoms with E-state index in [1.54, 1.807) is 6.07 Å². The molecule has 2 heterocycles. The number of pyridine rings is 1. The largest absolute Gasteiger partial charge is 0.416 e. The molecule has 134 valence electrons. The molecule has 25 heavy (non-hydrogen) atoms. The van der Waals surface area contributed by atoms with Gasteiger partial charge in [-0.1, -0.05) is 24.3 Å². The second-order valence-corrected chi connectivity index (χ2v) is 6.80. The summed E-state index contributed by atoms with van der Waals surface area (Å²) in [5, 5.41) is 0. The Labute approximate surface area is 146 Å². The Bertz CT molecular complexity index is 670. The van der Waals surface area contributed by atoms with E-state index in [0.717, 1.165) is 56.2 Å². The van der Waals surface area contributed by atoms with Gasteiger partial charge < -0.3 is 0 Å². The van der Waals surface area contributed by atoms with E-state index < -0.39 is 11.7 Å². The maximum atomic E-state index is 12.8. The molecular weight excluding hydrogens is 325 g/mol. The van der Waals surface area contributed by atoms with Crippen LogP contribution in [0.15, 0.2) is 48.7 Å². The van der Waals surface area contributed by atoms with Gasteiger partial charge in [0.1, 0.15) is 0 Å². The first-order valence-corrected chi connectivity index (χ1v) is 8.79. The summed E-state index contributed by atoms with van der Waals surface area (Å²) in [6, 6.07) is 11.7. The third kappa shape index (κ3) is 5.30. The summed E-state index contributed by atoms with van der Waals surface area (Å²) in [5.41, 5.74) is 1.29. The molecule has 1 aliphatic heterocycles. The molecule has 1 aromatic carbocycles. The van der Waals surface area contributed by atoms with Gasteiger partial charge in [-0.25, -0.2) is 0 Å². The highest BCUT2D eigenvalue weighted by molar-refractivity contribution is 5.25. The lowest BCUT2D eigenvalue weighted by Gasteiger charge is -2.32. The maximum Gasteiger partial charge on any atom is 0.416 e. The molecular formula is C20H23F3N2. The molecule has 1 atom stereocenters. The Morgan fingerprint density at radius 3 is 2.76 bits per heavy atom. The van der Waals surface area contributed by atoms with Gasteiger partial charge in [0.05, 0.1) is 11.3 Å². The molecule has 0 bridgehead atoms. The highest BCUT2D eigenvalue weighted by Crippen LogP contribution is 2.30. The smallest absolute Gasteiger partial charge is 0.297 e. The van der Waals surface area contributed by atoms with Crippen molar-refractivity contribution in [3.63, 3.8) is 0 Å². The SMILES string of the molecule is FC(F)(F)c1cccc(CCC2CCCN(Cc3ccccn3)C2)c1. The summed E-state index contributed by atoms with van der Waals surface area (Å²) in [6.45, 7) is 2.91. The van der Waals surface area contributed by atoms with E-state index in [9.17, 15) is 13.2 Å². The fourth-order valence-electron chi connectivity index (χ4n) is 3.53. The highest BCUT2D eigenvalue weighted by atomic mass is 19.4. The first kappa shape index (κ1) is 17.9. The van der Waals surface area contributed by atoms with Crippen LogP contribution in [0.1, 0.15) is 36.1 Å². The normalized spacial score (nSPS) is 19.1. The van der Waals surface area contributed by atoms with Crippen molar-refractivity contribution in [2.24, 2.45) is 5.92 Å². The standard InChI is InChI=1S/C20H23F3N2/c21-20(22,23)18-7-3-5-16(13-18)9-10-17-6-4-12-25(14-17)15-19-8-1-2-11-24-19/h1-3,5,7-8,11,13,17H,4,6,9-10,12,14-15H2. The van der Waals surface area contributed by atoms with Gasteiger partial charge in [-0.05, 0) is 61.9 Å². The molecule has 1 fully saturated rings. The number of halogens is 3. The topological polar surface area (TPSA) is 16.1 Å². The highest BCUT2D eigenvalue weighted by Gasteiger charge is 2.30. The van der Waals surface area contributed by atoms with Gasteiger partial charge in [0.2, 0.25) is 0 Å². The molecule has 0 spiro atoms. The molecule has 1 saturated heterocycles. The molecule has 2 nitrogen and oxygen atoms in total. The minimum absolute atomic E-state index is 0.534. The number of rotatable bonds is 5. The predicted molar refractivity (Wildman–Crippen MR) is 92.0 cm³/mol. The first-order valence-electron chi connectivity index (χ1n) is 8.79. The third-order valence-electron chi connectivity index (χ3n) is 4.81. The number of hydrogen-bond acceptors (Lipinski definition) is 2. The van der Waals surface area contributed by atoms with Crippen molar-refractivity contribution < 1.29 is 13.2 Å². The summed E-state index contributed by atoms with van der Waals surface area (Å²) in [4.78, 5) is 6.78. The quantitative estimate of drug-likeness (QED) is 0.760. The Kier molecular flexibility index (Phi) is 5.74. The monoisotopic (exact) mass is 348 g/mol. The molecule has 1 aliphatic rings. The molecule has 0 radical (unpaired) electrons. The summed E-state index contributed by atoms with van der Waals surface area (Å²) in [6.07, 6.45) is 1.47. The number of alkyl halides is 3. The number of benzene rings is 1. The molecule has 3 rings (SSSR count). The zero-order valence-corrected chi connectivity index (χ0v) is 14.2. The zero-order valence-electron chi connectivity index (χ0n) is 14.2. The second-order valence-electron chi connectivity index (χ2n) is 6.80. The number of aromatic nitrogens is 1. The van der Waals surface area contributed by atoms with Gasteiger partial charge in [0.25, 0.3) is 0 Å². The predicted octanol–water partition coefficient (Wildman–Crippen LogP) is 4.95. The van der Waals surface area contributed by atoms with Crippen molar-refractivity contribution in [1.29, 1.82) is 0 Å². The summed E-state index contributed by atoms with van der Waals surface area (Å²) >= 11 is 0. The third-order valence-corrected chi connectivity index (χ3v) is 4.81. The molecule has 0 aliphatic carbocycles. The lowest BCUT2D eigenvalue weighted by atomic mass is 9.91. The van der Waals surface area contributed by atoms with Crippen LogP contribution in [0.2, 0.25) is 0 Å². The average Bonchev–Trinajstić information content (AvgIpc) is 2.61. The van der Waals surface area contributed by atoms with Crippen LogP contribution in [0.3, 0.4) is 0 Å². The van der Waals surface area contributed by atoms with Crippen LogP contribution < -0.4 is 0 Å². The van der Waals surface area contributed by atoms with E-state index in [1.165, 1.54) is 12.1 Å². The van der Waals surface area contributed by atoms with Crippen LogP contribution >= 0.6 is 0 Å². The Balaban J connectivity index is 1.53. The van der Waals surface area contributed by atoms with Crippen LogP contribution in [0.4, 0.5) is 13.2 Å². The summed E-state index contributed by atoms with van der Waals surface area (Å²) in [5.74, 6) is 0.534. The molecule has 0 N–H and O–H groups in total. The van der Waals surface area contributed by atoms with Gasteiger partial charge in [-0.15, -0.1) is 0 Å². The van der Waals surface area contributed by atoms with Crippen LogP contribution in [-0.2, 0) is 19.1 Å². The van der Waals surface area contributed by atoms with Gasteiger partial charge >= 0.3 is 6.18 Å². The number of likely N-dealkylation sites (tertiary alicyclic amines) is 1. The number of hydrogen-bond donors (Lipinski definition) is 0. The molecule has 0 saturated carbocycles.